The summed E-state index contributed by atoms with van der Waals surface area (Å²) in [6.45, 7) is 0.773. The highest BCUT2D eigenvalue weighted by molar-refractivity contribution is 7.79. The molecule has 1 aliphatic rings. The number of ketones is 1. The summed E-state index contributed by atoms with van der Waals surface area (Å²) in [5.74, 6) is -0.964. The topological polar surface area (TPSA) is 110 Å². The smallest absolute Gasteiger partial charge is 0.275 e. The van der Waals surface area contributed by atoms with Gasteiger partial charge in [0, 0.05) is 35.2 Å². The van der Waals surface area contributed by atoms with Gasteiger partial charge in [0.05, 0.1) is 5.37 Å². The molecule has 1 fully saturated rings. The molecule has 2 atom stereocenters. The van der Waals surface area contributed by atoms with E-state index in [1.54, 1.807) is 52.8 Å². The van der Waals surface area contributed by atoms with Crippen LogP contribution in [-0.4, -0.2) is 43.6 Å². The molecule has 2 aromatic rings. The lowest BCUT2D eigenvalue weighted by Gasteiger charge is -2.38. The molecule has 2 N–H and O–H groups in total. The quantitative estimate of drug-likeness (QED) is 0.312. The number of likely N-dealkylation sites (tertiary alicyclic amines) is 1. The minimum absolute atomic E-state index is 0.0150. The van der Waals surface area contributed by atoms with Gasteiger partial charge < -0.3 is 4.55 Å². The molecule has 0 aliphatic carbocycles. The Kier molecular flexibility index (Phi) is 7.15. The number of piperidine rings is 1. The number of carbonyl (C=O) groups excluding carboxylic acids is 2. The van der Waals surface area contributed by atoms with E-state index in [-0.39, 0.29) is 22.8 Å². The number of hydrogen-bond donors (Lipinski definition) is 2. The van der Waals surface area contributed by atoms with Gasteiger partial charge in [-0.3, -0.25) is 23.9 Å². The summed E-state index contributed by atoms with van der Waals surface area (Å²) in [7, 11) is 0. The van der Waals surface area contributed by atoms with Crippen molar-refractivity contribution in [2.24, 2.45) is 5.92 Å². The average Bonchev–Trinajstić information content (AvgIpc) is 2.74. The Balaban J connectivity index is 1.76. The Labute approximate surface area is 175 Å². The summed E-state index contributed by atoms with van der Waals surface area (Å²) in [4.78, 5) is 26.4. The van der Waals surface area contributed by atoms with E-state index in [4.69, 9.17) is 16.8 Å². The van der Waals surface area contributed by atoms with E-state index in [0.717, 1.165) is 0 Å². The van der Waals surface area contributed by atoms with E-state index in [0.29, 0.717) is 36.5 Å². The third-order valence-electron chi connectivity index (χ3n) is 5.12. The molecule has 0 saturated carbocycles. The number of hydroxylamine groups is 1. The van der Waals surface area contributed by atoms with Crippen molar-refractivity contribution in [1.82, 2.24) is 10.4 Å². The second-order valence-electron chi connectivity index (χ2n) is 6.82. The lowest BCUT2D eigenvalue weighted by molar-refractivity contribution is 0.0703. The number of Topliss-reactive ketones (excluding diaryl/α,β-unsaturated/α-hetero) is 1. The first-order chi connectivity index (χ1) is 13.9. The van der Waals surface area contributed by atoms with E-state index in [9.17, 15) is 18.4 Å². The summed E-state index contributed by atoms with van der Waals surface area (Å²) in [5, 5.41) is 8.46. The van der Waals surface area contributed by atoms with Gasteiger partial charge in [0.25, 0.3) is 5.91 Å². The maximum atomic E-state index is 12.7. The second-order valence-corrected chi connectivity index (χ2v) is 8.23. The van der Waals surface area contributed by atoms with E-state index >= 15 is 0 Å². The first kappa shape index (κ1) is 21.6. The van der Waals surface area contributed by atoms with Gasteiger partial charge in [-0.2, -0.15) is 0 Å². The highest BCUT2D eigenvalue weighted by Crippen LogP contribution is 2.32. The van der Waals surface area contributed by atoms with Crippen LogP contribution in [-0.2, 0) is 11.1 Å². The fourth-order valence-corrected chi connectivity index (χ4v) is 4.64. The van der Waals surface area contributed by atoms with Crippen LogP contribution in [0.4, 0.5) is 0 Å². The molecule has 2 aromatic carbocycles. The molecule has 9 heteroatoms. The Morgan fingerprint density at radius 1 is 1.14 bits per heavy atom. The van der Waals surface area contributed by atoms with Gasteiger partial charge in [0.15, 0.2) is 5.78 Å². The summed E-state index contributed by atoms with van der Waals surface area (Å²) in [6, 6.07) is 13.0. The zero-order valence-corrected chi connectivity index (χ0v) is 17.0. The normalized spacial score (nSPS) is 17.5. The third-order valence-corrected chi connectivity index (χ3v) is 6.28. The predicted molar refractivity (Wildman–Crippen MR) is 107 cm³/mol. The van der Waals surface area contributed by atoms with E-state index < -0.39 is 22.4 Å². The van der Waals surface area contributed by atoms with Crippen LogP contribution < -0.4 is 5.48 Å². The number of hydrogen-bond acceptors (Lipinski definition) is 6. The number of halogens is 1. The summed E-state index contributed by atoms with van der Waals surface area (Å²) in [5.41, 5.74) is 2.51. The van der Waals surface area contributed by atoms with E-state index in [1.807, 2.05) is 0 Å². The van der Waals surface area contributed by atoms with Crippen LogP contribution in [0.3, 0.4) is 0 Å². The molecular formula is C20H20ClN2O5S-. The first-order valence-corrected chi connectivity index (χ1v) is 10.6. The molecule has 0 aromatic heterocycles. The van der Waals surface area contributed by atoms with Gasteiger partial charge in [-0.15, -0.1) is 0 Å². The second kappa shape index (κ2) is 9.60. The van der Waals surface area contributed by atoms with Crippen molar-refractivity contribution < 1.29 is 23.6 Å². The lowest BCUT2D eigenvalue weighted by Crippen LogP contribution is -2.41. The molecule has 7 nitrogen and oxygen atoms in total. The maximum absolute atomic E-state index is 12.7. The largest absolute Gasteiger partial charge is 0.771 e. The first-order valence-electron chi connectivity index (χ1n) is 9.07. The van der Waals surface area contributed by atoms with Gasteiger partial charge in [0.1, 0.15) is 0 Å². The molecule has 3 rings (SSSR count). The van der Waals surface area contributed by atoms with Crippen LogP contribution in [0.1, 0.15) is 44.5 Å². The minimum Gasteiger partial charge on any atom is -0.771 e. The number of carbonyl (C=O) groups is 2. The zero-order chi connectivity index (χ0) is 21.0. The van der Waals surface area contributed by atoms with Crippen LogP contribution in [0.15, 0.2) is 48.5 Å². The predicted octanol–water partition coefficient (Wildman–Crippen LogP) is 2.93. The van der Waals surface area contributed by atoms with Crippen molar-refractivity contribution in [2.75, 3.05) is 13.1 Å². The Morgan fingerprint density at radius 3 is 2.34 bits per heavy atom. The summed E-state index contributed by atoms with van der Waals surface area (Å²) >= 11 is 3.34. The van der Waals surface area contributed by atoms with Crippen molar-refractivity contribution in [1.29, 1.82) is 0 Å². The number of amides is 1. The highest BCUT2D eigenvalue weighted by atomic mass is 35.5. The van der Waals surface area contributed by atoms with Crippen molar-refractivity contribution in [3.05, 3.63) is 70.2 Å². The molecule has 1 heterocycles. The van der Waals surface area contributed by atoms with Gasteiger partial charge in [-0.05, 0) is 59.8 Å². The molecule has 29 heavy (non-hydrogen) atoms. The maximum Gasteiger partial charge on any atom is 0.275 e. The average molecular weight is 436 g/mol. The van der Waals surface area contributed by atoms with Crippen molar-refractivity contribution in [3.8, 4) is 0 Å². The van der Waals surface area contributed by atoms with Gasteiger partial charge >= 0.3 is 0 Å². The third kappa shape index (κ3) is 4.91. The van der Waals surface area contributed by atoms with Gasteiger partial charge in [-0.25, -0.2) is 5.48 Å². The number of nitrogens with zero attached hydrogens (tertiary/aromatic N) is 1. The van der Waals surface area contributed by atoms with Crippen molar-refractivity contribution in [3.63, 3.8) is 0 Å². The summed E-state index contributed by atoms with van der Waals surface area (Å²) < 4.78 is 24.0. The fourth-order valence-electron chi connectivity index (χ4n) is 3.65. The van der Waals surface area contributed by atoms with Gasteiger partial charge in [0.2, 0.25) is 0 Å². The van der Waals surface area contributed by atoms with Crippen molar-refractivity contribution >= 4 is 34.4 Å². The molecule has 1 saturated heterocycles. The Bertz CT molecular complexity index is 913. The van der Waals surface area contributed by atoms with E-state index in [2.05, 4.69) is 0 Å². The Morgan fingerprint density at radius 2 is 1.76 bits per heavy atom. The molecule has 1 aliphatic heterocycles. The van der Waals surface area contributed by atoms with Crippen LogP contribution in [0.2, 0.25) is 5.02 Å². The van der Waals surface area contributed by atoms with Crippen LogP contribution in [0.5, 0.6) is 0 Å². The number of nitrogens with one attached hydrogen (secondary N) is 1. The molecule has 2 unspecified atom stereocenters. The molecule has 0 spiro atoms. The van der Waals surface area contributed by atoms with Crippen LogP contribution in [0.25, 0.3) is 0 Å². The monoisotopic (exact) mass is 435 g/mol. The van der Waals surface area contributed by atoms with E-state index in [1.165, 1.54) is 6.07 Å². The Hall–Kier alpha value is -2.10. The minimum atomic E-state index is -2.53. The standard InChI is InChI=1S/C20H21ClN2O5S/c21-15-7-5-13(6-8-15)18(24)14-9-11-23(12-10-14)20(29(27)28)17-4-2-1-3-16(17)19(25)22-26/h1-8,14,20,26H,9-12H2,(H,22,25)(H,27,28)/p-1. The number of benzene rings is 2. The van der Waals surface area contributed by atoms with Crippen molar-refractivity contribution in [2.45, 2.75) is 18.2 Å². The molecule has 1 amide bonds. The highest BCUT2D eigenvalue weighted by Gasteiger charge is 2.32. The molecular weight excluding hydrogens is 416 g/mol. The van der Waals surface area contributed by atoms with Crippen LogP contribution >= 0.6 is 11.6 Å². The molecule has 0 radical (unpaired) electrons. The fraction of sp³-hybridized carbons (Fsp3) is 0.300. The zero-order valence-electron chi connectivity index (χ0n) is 15.4. The van der Waals surface area contributed by atoms with Crippen LogP contribution in [0, 0.1) is 5.92 Å². The lowest BCUT2D eigenvalue weighted by atomic mass is 9.88. The molecule has 154 valence electrons. The summed E-state index contributed by atoms with van der Waals surface area (Å²) in [6.07, 6.45) is 1.01. The SMILES string of the molecule is O=C(NO)c1ccccc1C(N1CCC(C(=O)c2ccc(Cl)cc2)CC1)S(=O)[O-]. The van der Waals surface area contributed by atoms with Gasteiger partial charge in [-0.1, -0.05) is 29.8 Å². The molecule has 0 bridgehead atoms. The number of rotatable bonds is 6.